The summed E-state index contributed by atoms with van der Waals surface area (Å²) in [5.41, 5.74) is 3.40. The van der Waals surface area contributed by atoms with Crippen molar-refractivity contribution in [2.75, 3.05) is 20.6 Å². The first-order valence-electron chi connectivity index (χ1n) is 9.72. The number of fused-ring (bicyclic) bond motifs is 4. The molecule has 4 nitrogen and oxygen atoms in total. The van der Waals surface area contributed by atoms with Gasteiger partial charge in [-0.3, -0.25) is 4.79 Å². The average Bonchev–Trinajstić information content (AvgIpc) is 2.66. The van der Waals surface area contributed by atoms with E-state index in [1.165, 1.54) is 11.1 Å². The third kappa shape index (κ3) is 3.02. The molecule has 2 aromatic carbocycles. The summed E-state index contributed by atoms with van der Waals surface area (Å²) in [6.45, 7) is 3.27. The van der Waals surface area contributed by atoms with Gasteiger partial charge in [-0.25, -0.2) is 0 Å². The van der Waals surface area contributed by atoms with Crippen molar-refractivity contribution in [1.29, 1.82) is 0 Å². The zero-order valence-electron chi connectivity index (χ0n) is 16.4. The molecule has 0 saturated carbocycles. The summed E-state index contributed by atoms with van der Waals surface area (Å²) in [4.78, 5) is 17.5. The lowest BCUT2D eigenvalue weighted by atomic mass is 9.61. The molecule has 3 atom stereocenters. The van der Waals surface area contributed by atoms with Crippen molar-refractivity contribution in [3.8, 4) is 5.75 Å². The standard InChI is InChI=1S/C23H28N2O2/c1-23-11-12-24(2)20(14-17-9-10-18(26)15-19(17)23)22(23)25(3)21(27)13-16-7-5-4-6-8-16/h4-10,15,20,22,26H,11-14H2,1-3H3/t20-,22-,23-/m1/s1. The lowest BCUT2D eigenvalue weighted by molar-refractivity contribution is -0.136. The van der Waals surface area contributed by atoms with Gasteiger partial charge in [0.15, 0.2) is 0 Å². The van der Waals surface area contributed by atoms with Gasteiger partial charge in [-0.05, 0) is 55.3 Å². The Morgan fingerprint density at radius 2 is 2.00 bits per heavy atom. The Bertz CT molecular complexity index is 851. The number of carbonyl (C=O) groups is 1. The van der Waals surface area contributed by atoms with Crippen molar-refractivity contribution in [2.24, 2.45) is 0 Å². The molecule has 4 heteroatoms. The topological polar surface area (TPSA) is 43.8 Å². The fourth-order valence-electron chi connectivity index (χ4n) is 5.18. The molecule has 142 valence electrons. The highest BCUT2D eigenvalue weighted by Gasteiger charge is 2.52. The summed E-state index contributed by atoms with van der Waals surface area (Å²) in [7, 11) is 4.12. The number of nitrogens with zero attached hydrogens (tertiary/aromatic N) is 2. The molecule has 1 aliphatic heterocycles. The summed E-state index contributed by atoms with van der Waals surface area (Å²) in [5.74, 6) is 0.464. The molecule has 1 aliphatic carbocycles. The third-order valence-corrected chi connectivity index (χ3v) is 6.71. The number of amides is 1. The Kier molecular flexibility index (Phi) is 4.47. The van der Waals surface area contributed by atoms with E-state index in [0.29, 0.717) is 18.2 Å². The van der Waals surface area contributed by atoms with E-state index < -0.39 is 0 Å². The van der Waals surface area contributed by atoms with Crippen LogP contribution in [0.5, 0.6) is 5.75 Å². The van der Waals surface area contributed by atoms with Crippen molar-refractivity contribution in [3.63, 3.8) is 0 Å². The van der Waals surface area contributed by atoms with Gasteiger partial charge in [0.2, 0.25) is 5.91 Å². The summed E-state index contributed by atoms with van der Waals surface area (Å²) in [5, 5.41) is 10.1. The number of hydrogen-bond acceptors (Lipinski definition) is 3. The van der Waals surface area contributed by atoms with Crippen LogP contribution in [0.3, 0.4) is 0 Å². The van der Waals surface area contributed by atoms with Gasteiger partial charge in [-0.1, -0.05) is 43.3 Å². The second-order valence-electron chi connectivity index (χ2n) is 8.37. The lowest BCUT2D eigenvalue weighted by Crippen LogP contribution is -2.67. The number of aromatic hydroxyl groups is 1. The number of phenols is 1. The number of likely N-dealkylation sites (N-methyl/N-ethyl adjacent to an activating group) is 2. The molecule has 2 aliphatic rings. The van der Waals surface area contributed by atoms with E-state index in [4.69, 9.17) is 0 Å². The summed E-state index contributed by atoms with van der Waals surface area (Å²) in [6, 6.07) is 16.1. The molecule has 1 amide bonds. The van der Waals surface area contributed by atoms with Crippen molar-refractivity contribution >= 4 is 5.91 Å². The Labute approximate surface area is 161 Å². The highest BCUT2D eigenvalue weighted by molar-refractivity contribution is 5.79. The zero-order chi connectivity index (χ0) is 19.2. The van der Waals surface area contributed by atoms with E-state index in [-0.39, 0.29) is 17.4 Å². The number of likely N-dealkylation sites (tertiary alicyclic amines) is 1. The van der Waals surface area contributed by atoms with Crippen LogP contribution in [-0.4, -0.2) is 53.5 Å². The predicted molar refractivity (Wildman–Crippen MR) is 107 cm³/mol. The molecule has 2 aromatic rings. The first kappa shape index (κ1) is 18.1. The van der Waals surface area contributed by atoms with Gasteiger partial charge in [0.05, 0.1) is 12.5 Å². The van der Waals surface area contributed by atoms with Crippen molar-refractivity contribution in [1.82, 2.24) is 9.80 Å². The average molecular weight is 364 g/mol. The summed E-state index contributed by atoms with van der Waals surface area (Å²) < 4.78 is 0. The number of piperidine rings is 1. The van der Waals surface area contributed by atoms with Gasteiger partial charge >= 0.3 is 0 Å². The number of carbonyl (C=O) groups excluding carboxylic acids is 1. The number of rotatable bonds is 3. The fourth-order valence-corrected chi connectivity index (χ4v) is 5.18. The van der Waals surface area contributed by atoms with Crippen LogP contribution in [0.15, 0.2) is 48.5 Å². The maximum absolute atomic E-state index is 13.1. The van der Waals surface area contributed by atoms with Gasteiger partial charge in [-0.2, -0.15) is 0 Å². The van der Waals surface area contributed by atoms with E-state index in [1.807, 2.05) is 48.3 Å². The molecule has 0 spiro atoms. The maximum Gasteiger partial charge on any atom is 0.227 e. The van der Waals surface area contributed by atoms with Crippen LogP contribution in [0, 0.1) is 0 Å². The molecule has 27 heavy (non-hydrogen) atoms. The molecule has 4 rings (SSSR count). The second-order valence-corrected chi connectivity index (χ2v) is 8.37. The first-order valence-corrected chi connectivity index (χ1v) is 9.72. The third-order valence-electron chi connectivity index (χ3n) is 6.71. The van der Waals surface area contributed by atoms with Crippen LogP contribution in [0.25, 0.3) is 0 Å². The number of phenolic OH excluding ortho intramolecular Hbond substituents is 1. The highest BCUT2D eigenvalue weighted by atomic mass is 16.3. The van der Waals surface area contributed by atoms with Gasteiger partial charge in [-0.15, -0.1) is 0 Å². The summed E-state index contributed by atoms with van der Waals surface area (Å²) in [6.07, 6.45) is 2.31. The quantitative estimate of drug-likeness (QED) is 0.911. The molecule has 0 unspecified atom stereocenters. The predicted octanol–water partition coefficient (Wildman–Crippen LogP) is 2.98. The zero-order valence-corrected chi connectivity index (χ0v) is 16.4. The van der Waals surface area contributed by atoms with E-state index in [2.05, 4.69) is 24.9 Å². The maximum atomic E-state index is 13.1. The van der Waals surface area contributed by atoms with Crippen LogP contribution in [-0.2, 0) is 23.1 Å². The monoisotopic (exact) mass is 364 g/mol. The SMILES string of the molecule is CN1CC[C@]2(C)c3cc(O)ccc3C[C@@H]1[C@H]2N(C)C(=O)Cc1ccccc1. The molecule has 1 saturated heterocycles. The second kappa shape index (κ2) is 6.68. The van der Waals surface area contributed by atoms with E-state index in [9.17, 15) is 9.90 Å². The van der Waals surface area contributed by atoms with Crippen LogP contribution in [0.4, 0.5) is 0 Å². The minimum Gasteiger partial charge on any atom is -0.508 e. The normalized spacial score (nSPS) is 27.1. The van der Waals surface area contributed by atoms with E-state index in [1.54, 1.807) is 6.07 Å². The Morgan fingerprint density at radius 1 is 1.26 bits per heavy atom. The number of hydrogen-bond donors (Lipinski definition) is 1. The molecule has 1 N–H and O–H groups in total. The summed E-state index contributed by atoms with van der Waals surface area (Å²) >= 11 is 0. The molecular weight excluding hydrogens is 336 g/mol. The molecule has 1 fully saturated rings. The van der Waals surface area contributed by atoms with Gasteiger partial charge < -0.3 is 14.9 Å². The Hall–Kier alpha value is -2.33. The van der Waals surface area contributed by atoms with Crippen LogP contribution >= 0.6 is 0 Å². The minimum atomic E-state index is -0.148. The minimum absolute atomic E-state index is 0.0989. The van der Waals surface area contributed by atoms with E-state index >= 15 is 0 Å². The lowest BCUT2D eigenvalue weighted by Gasteiger charge is -2.57. The van der Waals surface area contributed by atoms with Crippen molar-refractivity contribution in [2.45, 2.75) is 43.7 Å². The van der Waals surface area contributed by atoms with Crippen molar-refractivity contribution in [3.05, 3.63) is 65.2 Å². The van der Waals surface area contributed by atoms with Crippen LogP contribution in [0.1, 0.15) is 30.0 Å². The van der Waals surface area contributed by atoms with Crippen LogP contribution in [0.2, 0.25) is 0 Å². The number of benzene rings is 2. The van der Waals surface area contributed by atoms with Gasteiger partial charge in [0, 0.05) is 18.5 Å². The fraction of sp³-hybridized carbons (Fsp3) is 0.435. The highest BCUT2D eigenvalue weighted by Crippen LogP contribution is 2.47. The molecular formula is C23H28N2O2. The van der Waals surface area contributed by atoms with Crippen molar-refractivity contribution < 1.29 is 9.90 Å². The largest absolute Gasteiger partial charge is 0.508 e. The van der Waals surface area contributed by atoms with Gasteiger partial charge in [0.1, 0.15) is 5.75 Å². The first-order chi connectivity index (χ1) is 12.9. The molecule has 2 bridgehead atoms. The Balaban J connectivity index is 1.69. The van der Waals surface area contributed by atoms with E-state index in [0.717, 1.165) is 24.9 Å². The Morgan fingerprint density at radius 3 is 2.74 bits per heavy atom. The van der Waals surface area contributed by atoms with Crippen LogP contribution < -0.4 is 0 Å². The molecule has 1 heterocycles. The van der Waals surface area contributed by atoms with Gasteiger partial charge in [0.25, 0.3) is 0 Å². The molecule has 0 aromatic heterocycles. The molecule has 0 radical (unpaired) electrons. The smallest absolute Gasteiger partial charge is 0.227 e.